The maximum absolute atomic E-state index is 10.8. The smallest absolute Gasteiger partial charge is 0.270 e. The van der Waals surface area contributed by atoms with Crippen LogP contribution in [0.5, 0.6) is 0 Å². The van der Waals surface area contributed by atoms with E-state index in [1.54, 1.807) is 6.07 Å². The molecule has 0 amide bonds. The summed E-state index contributed by atoms with van der Waals surface area (Å²) in [4.78, 5) is 22.5. The molecule has 2 aromatic heterocycles. The molecule has 9 nitrogen and oxygen atoms in total. The zero-order chi connectivity index (χ0) is 14.7. The number of nitrogens with zero attached hydrogens (tertiary/aromatic N) is 5. The van der Waals surface area contributed by atoms with E-state index >= 15 is 0 Å². The number of benzene rings is 1. The number of aromatic nitrogens is 4. The first kappa shape index (κ1) is 12.9. The molecule has 1 N–H and O–H groups in total. The van der Waals surface area contributed by atoms with Crippen molar-refractivity contribution in [3.05, 3.63) is 46.9 Å². The van der Waals surface area contributed by atoms with Crippen molar-refractivity contribution >= 4 is 22.4 Å². The van der Waals surface area contributed by atoms with Gasteiger partial charge in [-0.1, -0.05) is 5.16 Å². The number of hydrogen-bond acceptors (Lipinski definition) is 8. The highest BCUT2D eigenvalue weighted by Crippen LogP contribution is 2.24. The minimum atomic E-state index is -0.450. The van der Waals surface area contributed by atoms with Crippen molar-refractivity contribution in [3.63, 3.8) is 0 Å². The van der Waals surface area contributed by atoms with Crippen molar-refractivity contribution in [2.24, 2.45) is 0 Å². The number of hydrogen-bond donors (Lipinski definition) is 1. The molecular weight excluding hydrogens is 276 g/mol. The summed E-state index contributed by atoms with van der Waals surface area (Å²) in [6.07, 6.45) is 3.27. The predicted molar refractivity (Wildman–Crippen MR) is 72.7 cm³/mol. The van der Waals surface area contributed by atoms with Crippen LogP contribution in [-0.4, -0.2) is 31.6 Å². The van der Waals surface area contributed by atoms with Crippen molar-refractivity contribution in [1.82, 2.24) is 20.1 Å². The van der Waals surface area contributed by atoms with Gasteiger partial charge in [-0.2, -0.15) is 4.98 Å². The van der Waals surface area contributed by atoms with Gasteiger partial charge in [-0.25, -0.2) is 9.97 Å². The summed E-state index contributed by atoms with van der Waals surface area (Å²) in [7, 11) is 0. The fourth-order valence-electron chi connectivity index (χ4n) is 1.89. The number of rotatable bonds is 5. The Bertz CT molecular complexity index is 774. The number of non-ortho nitro benzene ring substituents is 1. The van der Waals surface area contributed by atoms with Crippen molar-refractivity contribution < 1.29 is 9.45 Å². The summed E-state index contributed by atoms with van der Waals surface area (Å²) in [5, 5.41) is 18.0. The Morgan fingerprint density at radius 1 is 1.24 bits per heavy atom. The second kappa shape index (κ2) is 5.49. The maximum atomic E-state index is 10.8. The molecule has 0 spiro atoms. The first-order chi connectivity index (χ1) is 10.2. The molecule has 0 aliphatic heterocycles. The third-order valence-electron chi connectivity index (χ3n) is 2.87. The lowest BCUT2D eigenvalue weighted by Gasteiger charge is -2.06. The van der Waals surface area contributed by atoms with E-state index in [9.17, 15) is 10.1 Å². The van der Waals surface area contributed by atoms with Crippen LogP contribution < -0.4 is 5.32 Å². The second-order valence-corrected chi connectivity index (χ2v) is 4.19. The lowest BCUT2D eigenvalue weighted by molar-refractivity contribution is -0.384. The number of nitro groups is 1. The highest BCUT2D eigenvalue weighted by Gasteiger charge is 2.10. The van der Waals surface area contributed by atoms with Gasteiger partial charge in [-0.15, -0.1) is 0 Å². The van der Waals surface area contributed by atoms with Gasteiger partial charge in [-0.05, 0) is 6.07 Å². The molecule has 0 unspecified atom stereocenters. The molecule has 106 valence electrons. The monoisotopic (exact) mass is 286 g/mol. The zero-order valence-electron chi connectivity index (χ0n) is 10.8. The van der Waals surface area contributed by atoms with Crippen LogP contribution >= 0.6 is 0 Å². The summed E-state index contributed by atoms with van der Waals surface area (Å²) < 4.78 is 4.89. The molecule has 21 heavy (non-hydrogen) atoms. The molecule has 9 heteroatoms. The molecule has 0 bridgehead atoms. The largest absolute Gasteiger partial charge is 0.369 e. The van der Waals surface area contributed by atoms with Crippen molar-refractivity contribution in [3.8, 4) is 0 Å². The van der Waals surface area contributed by atoms with E-state index in [1.807, 2.05) is 0 Å². The molecule has 0 radical (unpaired) electrons. The van der Waals surface area contributed by atoms with Crippen LogP contribution in [0.2, 0.25) is 0 Å². The molecule has 2 heterocycles. The molecular formula is C12H10N6O3. The Labute approximate surface area is 118 Å². The van der Waals surface area contributed by atoms with Gasteiger partial charge in [0.15, 0.2) is 6.33 Å². The third kappa shape index (κ3) is 2.76. The van der Waals surface area contributed by atoms with Crippen molar-refractivity contribution in [1.29, 1.82) is 0 Å². The second-order valence-electron chi connectivity index (χ2n) is 4.19. The summed E-state index contributed by atoms with van der Waals surface area (Å²) in [5.74, 6) is 1.04. The Morgan fingerprint density at radius 2 is 2.14 bits per heavy atom. The Balaban J connectivity index is 1.83. The van der Waals surface area contributed by atoms with E-state index in [0.29, 0.717) is 35.6 Å². The van der Waals surface area contributed by atoms with E-state index in [4.69, 9.17) is 4.52 Å². The molecule has 0 fully saturated rings. The van der Waals surface area contributed by atoms with Crippen LogP contribution in [0.4, 0.5) is 11.5 Å². The van der Waals surface area contributed by atoms with Crippen LogP contribution in [0.15, 0.2) is 35.4 Å². The van der Waals surface area contributed by atoms with Gasteiger partial charge < -0.3 is 9.84 Å². The SMILES string of the molecule is O=[N+]([O-])c1ccc2ncnc(NCCc3ncno3)c2c1. The van der Waals surface area contributed by atoms with Crippen molar-refractivity contribution in [2.45, 2.75) is 6.42 Å². The molecule has 3 aromatic rings. The summed E-state index contributed by atoms with van der Waals surface area (Å²) in [6, 6.07) is 4.46. The average molecular weight is 286 g/mol. The van der Waals surface area contributed by atoms with Crippen LogP contribution in [0.1, 0.15) is 5.89 Å². The van der Waals surface area contributed by atoms with Gasteiger partial charge in [0, 0.05) is 30.5 Å². The fraction of sp³-hybridized carbons (Fsp3) is 0.167. The summed E-state index contributed by atoms with van der Waals surface area (Å²) in [5.41, 5.74) is 0.633. The van der Waals surface area contributed by atoms with E-state index in [1.165, 1.54) is 24.8 Å². The third-order valence-corrected chi connectivity index (χ3v) is 2.87. The van der Waals surface area contributed by atoms with Gasteiger partial charge >= 0.3 is 0 Å². The highest BCUT2D eigenvalue weighted by atomic mass is 16.6. The van der Waals surface area contributed by atoms with Crippen LogP contribution in [-0.2, 0) is 6.42 Å². The molecule has 0 aliphatic carbocycles. The fourth-order valence-corrected chi connectivity index (χ4v) is 1.89. The van der Waals surface area contributed by atoms with E-state index < -0.39 is 4.92 Å². The number of nitrogens with one attached hydrogen (secondary N) is 1. The van der Waals surface area contributed by atoms with Gasteiger partial charge in [0.2, 0.25) is 5.89 Å². The quantitative estimate of drug-likeness (QED) is 0.554. The Kier molecular flexibility index (Phi) is 3.37. The maximum Gasteiger partial charge on any atom is 0.270 e. The molecule has 0 saturated carbocycles. The van der Waals surface area contributed by atoms with Crippen molar-refractivity contribution in [2.75, 3.05) is 11.9 Å². The first-order valence-corrected chi connectivity index (χ1v) is 6.12. The lowest BCUT2D eigenvalue weighted by Crippen LogP contribution is -2.07. The van der Waals surface area contributed by atoms with Crippen LogP contribution in [0.3, 0.4) is 0 Å². The minimum absolute atomic E-state index is 0.00255. The van der Waals surface area contributed by atoms with Gasteiger partial charge in [0.05, 0.1) is 10.4 Å². The van der Waals surface area contributed by atoms with E-state index in [-0.39, 0.29) is 5.69 Å². The summed E-state index contributed by atoms with van der Waals surface area (Å²) in [6.45, 7) is 0.511. The average Bonchev–Trinajstić information content (AvgIpc) is 3.00. The molecule has 0 atom stereocenters. The predicted octanol–water partition coefficient (Wildman–Crippen LogP) is 1.58. The van der Waals surface area contributed by atoms with Crippen LogP contribution in [0.25, 0.3) is 10.9 Å². The van der Waals surface area contributed by atoms with Gasteiger partial charge in [0.25, 0.3) is 5.69 Å². The highest BCUT2D eigenvalue weighted by molar-refractivity contribution is 5.90. The molecule has 0 saturated heterocycles. The zero-order valence-corrected chi connectivity index (χ0v) is 10.8. The Hall–Kier alpha value is -3.10. The Morgan fingerprint density at radius 3 is 2.90 bits per heavy atom. The minimum Gasteiger partial charge on any atom is -0.369 e. The number of anilines is 1. The van der Waals surface area contributed by atoms with Crippen LogP contribution in [0, 0.1) is 10.1 Å². The van der Waals surface area contributed by atoms with E-state index in [0.717, 1.165) is 0 Å². The standard InChI is InChI=1S/C12H10N6O3/c19-18(20)8-1-2-10-9(5-8)12(16-6-14-10)13-4-3-11-15-7-17-21-11/h1-2,5-7H,3-4H2,(H,13,14,16). The van der Waals surface area contributed by atoms with E-state index in [2.05, 4.69) is 25.4 Å². The first-order valence-electron chi connectivity index (χ1n) is 6.12. The number of fused-ring (bicyclic) bond motifs is 1. The molecule has 3 rings (SSSR count). The molecule has 1 aromatic carbocycles. The van der Waals surface area contributed by atoms with Gasteiger partial charge in [-0.3, -0.25) is 10.1 Å². The number of nitro benzene ring substituents is 1. The lowest BCUT2D eigenvalue weighted by atomic mass is 10.2. The summed E-state index contributed by atoms with van der Waals surface area (Å²) >= 11 is 0. The van der Waals surface area contributed by atoms with Gasteiger partial charge in [0.1, 0.15) is 12.1 Å². The topological polar surface area (TPSA) is 120 Å². The normalized spacial score (nSPS) is 10.7. The molecule has 0 aliphatic rings.